The van der Waals surface area contributed by atoms with Gasteiger partial charge in [0, 0.05) is 12.0 Å². The summed E-state index contributed by atoms with van der Waals surface area (Å²) in [5.41, 5.74) is 1.84. The largest absolute Gasteiger partial charge is 0.463 e. The Hall–Kier alpha value is -2.66. The highest BCUT2D eigenvalue weighted by Gasteiger charge is 2.19. The Morgan fingerprint density at radius 3 is 2.92 bits per heavy atom. The molecule has 1 unspecified atom stereocenters. The van der Waals surface area contributed by atoms with Crippen molar-refractivity contribution in [1.82, 2.24) is 4.98 Å². The van der Waals surface area contributed by atoms with E-state index >= 15 is 0 Å². The van der Waals surface area contributed by atoms with Gasteiger partial charge in [0.2, 0.25) is 0 Å². The SMILES string of the molecule is O=C(OCC1CCCCO1)c1cc(-c2ccco2)nc2ccccc12. The summed E-state index contributed by atoms with van der Waals surface area (Å²) in [5.74, 6) is 0.260. The first-order valence-corrected chi connectivity index (χ1v) is 8.53. The Morgan fingerprint density at radius 1 is 1.20 bits per heavy atom. The van der Waals surface area contributed by atoms with Crippen LogP contribution in [0.1, 0.15) is 29.6 Å². The zero-order chi connectivity index (χ0) is 17.1. The van der Waals surface area contributed by atoms with E-state index in [1.165, 1.54) is 0 Å². The van der Waals surface area contributed by atoms with Crippen molar-refractivity contribution in [3.63, 3.8) is 0 Å². The minimum atomic E-state index is -0.361. The summed E-state index contributed by atoms with van der Waals surface area (Å²) < 4.78 is 16.6. The summed E-state index contributed by atoms with van der Waals surface area (Å²) in [6.07, 6.45) is 4.71. The van der Waals surface area contributed by atoms with Crippen molar-refractivity contribution >= 4 is 16.9 Å². The predicted molar refractivity (Wildman–Crippen MR) is 93.3 cm³/mol. The monoisotopic (exact) mass is 337 g/mol. The van der Waals surface area contributed by atoms with Crippen LogP contribution in [0.15, 0.2) is 53.1 Å². The maximum Gasteiger partial charge on any atom is 0.338 e. The molecule has 0 saturated carbocycles. The maximum absolute atomic E-state index is 12.7. The lowest BCUT2D eigenvalue weighted by atomic mass is 10.1. The number of esters is 1. The average molecular weight is 337 g/mol. The van der Waals surface area contributed by atoms with Gasteiger partial charge in [-0.1, -0.05) is 18.2 Å². The Balaban J connectivity index is 1.63. The Morgan fingerprint density at radius 2 is 2.12 bits per heavy atom. The summed E-state index contributed by atoms with van der Waals surface area (Å²) in [5, 5.41) is 0.771. The maximum atomic E-state index is 12.7. The van der Waals surface area contributed by atoms with E-state index in [9.17, 15) is 4.79 Å². The number of hydrogen-bond acceptors (Lipinski definition) is 5. The molecule has 0 radical (unpaired) electrons. The van der Waals surface area contributed by atoms with E-state index in [0.29, 0.717) is 17.0 Å². The molecular weight excluding hydrogens is 318 g/mol. The number of fused-ring (bicyclic) bond motifs is 1. The van der Waals surface area contributed by atoms with Crippen LogP contribution in [0.3, 0.4) is 0 Å². The van der Waals surface area contributed by atoms with Gasteiger partial charge in [-0.25, -0.2) is 9.78 Å². The van der Waals surface area contributed by atoms with Crippen molar-refractivity contribution in [2.75, 3.05) is 13.2 Å². The van der Waals surface area contributed by atoms with Crippen molar-refractivity contribution in [2.45, 2.75) is 25.4 Å². The van der Waals surface area contributed by atoms with Gasteiger partial charge in [0.25, 0.3) is 0 Å². The summed E-state index contributed by atoms with van der Waals surface area (Å²) in [6, 6.07) is 12.9. The second kappa shape index (κ2) is 7.07. The molecule has 0 N–H and O–H groups in total. The van der Waals surface area contributed by atoms with Gasteiger partial charge >= 0.3 is 5.97 Å². The molecule has 128 valence electrons. The molecule has 5 heteroatoms. The molecule has 1 fully saturated rings. The quantitative estimate of drug-likeness (QED) is 0.667. The smallest absolute Gasteiger partial charge is 0.338 e. The normalized spacial score (nSPS) is 17.5. The van der Waals surface area contributed by atoms with Crippen molar-refractivity contribution in [1.29, 1.82) is 0 Å². The van der Waals surface area contributed by atoms with Crippen LogP contribution < -0.4 is 0 Å². The lowest BCUT2D eigenvalue weighted by molar-refractivity contribution is -0.0299. The third-order valence-electron chi connectivity index (χ3n) is 4.38. The van der Waals surface area contributed by atoms with Gasteiger partial charge < -0.3 is 13.9 Å². The molecule has 3 heterocycles. The molecule has 1 aliphatic rings. The molecule has 1 aromatic carbocycles. The van der Waals surface area contributed by atoms with Crippen LogP contribution in [0.2, 0.25) is 0 Å². The van der Waals surface area contributed by atoms with Crippen LogP contribution in [0.4, 0.5) is 0 Å². The van der Waals surface area contributed by atoms with Crippen LogP contribution in [0.25, 0.3) is 22.4 Å². The number of furan rings is 1. The highest BCUT2D eigenvalue weighted by atomic mass is 16.6. The topological polar surface area (TPSA) is 61.6 Å². The van der Waals surface area contributed by atoms with Crippen molar-refractivity contribution in [3.8, 4) is 11.5 Å². The molecule has 1 aliphatic heterocycles. The third-order valence-corrected chi connectivity index (χ3v) is 4.38. The van der Waals surface area contributed by atoms with Crippen LogP contribution in [-0.2, 0) is 9.47 Å². The van der Waals surface area contributed by atoms with Gasteiger partial charge in [-0.15, -0.1) is 0 Å². The fraction of sp³-hybridized carbons (Fsp3) is 0.300. The first-order valence-electron chi connectivity index (χ1n) is 8.53. The van der Waals surface area contributed by atoms with Crippen molar-refractivity contribution in [3.05, 3.63) is 54.3 Å². The molecule has 0 spiro atoms. The van der Waals surface area contributed by atoms with Gasteiger partial charge in [0.05, 0.1) is 23.4 Å². The lowest BCUT2D eigenvalue weighted by Gasteiger charge is -2.22. The molecule has 3 aromatic rings. The predicted octanol–water partition coefficient (Wildman–Crippen LogP) is 4.22. The van der Waals surface area contributed by atoms with Crippen molar-refractivity contribution < 1.29 is 18.7 Å². The van der Waals surface area contributed by atoms with Gasteiger partial charge in [0.1, 0.15) is 12.3 Å². The zero-order valence-electron chi connectivity index (χ0n) is 13.8. The van der Waals surface area contributed by atoms with Crippen LogP contribution in [-0.4, -0.2) is 30.3 Å². The van der Waals surface area contributed by atoms with E-state index < -0.39 is 0 Å². The molecule has 1 saturated heterocycles. The molecule has 0 bridgehead atoms. The van der Waals surface area contributed by atoms with Crippen molar-refractivity contribution in [2.24, 2.45) is 0 Å². The fourth-order valence-corrected chi connectivity index (χ4v) is 3.08. The Kier molecular flexibility index (Phi) is 4.48. The Labute approximate surface area is 145 Å². The van der Waals surface area contributed by atoms with Gasteiger partial charge in [-0.2, -0.15) is 0 Å². The molecule has 1 atom stereocenters. The molecule has 0 amide bonds. The molecule has 0 aliphatic carbocycles. The number of carbonyl (C=O) groups excluding carboxylic acids is 1. The van der Waals surface area contributed by atoms with E-state index in [1.54, 1.807) is 18.4 Å². The zero-order valence-corrected chi connectivity index (χ0v) is 13.8. The first kappa shape index (κ1) is 15.8. The highest BCUT2D eigenvalue weighted by molar-refractivity contribution is 6.04. The summed E-state index contributed by atoms with van der Waals surface area (Å²) in [4.78, 5) is 17.3. The minimum Gasteiger partial charge on any atom is -0.463 e. The summed E-state index contributed by atoms with van der Waals surface area (Å²) >= 11 is 0. The van der Waals surface area contributed by atoms with Gasteiger partial charge in [-0.05, 0) is 43.5 Å². The molecule has 4 rings (SSSR count). The van der Waals surface area contributed by atoms with E-state index in [2.05, 4.69) is 4.98 Å². The number of pyridine rings is 1. The molecule has 25 heavy (non-hydrogen) atoms. The van der Waals surface area contributed by atoms with E-state index in [0.717, 1.165) is 36.8 Å². The third kappa shape index (κ3) is 3.42. The second-order valence-corrected chi connectivity index (χ2v) is 6.14. The van der Waals surface area contributed by atoms with Gasteiger partial charge in [0.15, 0.2) is 5.76 Å². The van der Waals surface area contributed by atoms with Crippen LogP contribution >= 0.6 is 0 Å². The standard InChI is InChI=1S/C20H19NO4/c22-20(25-13-14-6-3-4-10-23-14)16-12-18(19-9-5-11-24-19)21-17-8-2-1-7-15(16)17/h1-2,5,7-9,11-12,14H,3-4,6,10,13H2. The summed E-state index contributed by atoms with van der Waals surface area (Å²) in [6.45, 7) is 1.02. The van der Waals surface area contributed by atoms with Crippen LogP contribution in [0.5, 0.6) is 0 Å². The Bertz CT molecular complexity index is 867. The highest BCUT2D eigenvalue weighted by Crippen LogP contribution is 2.26. The van der Waals surface area contributed by atoms with E-state index in [4.69, 9.17) is 13.9 Å². The minimum absolute atomic E-state index is 0.00431. The second-order valence-electron chi connectivity index (χ2n) is 6.14. The molecule has 5 nitrogen and oxygen atoms in total. The van der Waals surface area contributed by atoms with Crippen LogP contribution in [0, 0.1) is 0 Å². The molecular formula is C20H19NO4. The number of para-hydroxylation sites is 1. The number of nitrogens with zero attached hydrogens (tertiary/aromatic N) is 1. The lowest BCUT2D eigenvalue weighted by Crippen LogP contribution is -2.26. The number of benzene rings is 1. The molecule has 2 aromatic heterocycles. The van der Waals surface area contributed by atoms with Gasteiger partial charge in [-0.3, -0.25) is 0 Å². The number of ether oxygens (including phenoxy) is 2. The average Bonchev–Trinajstić information content (AvgIpc) is 3.21. The first-order chi connectivity index (χ1) is 12.3. The number of carbonyl (C=O) groups is 1. The fourth-order valence-electron chi connectivity index (χ4n) is 3.08. The van der Waals surface area contributed by atoms with E-state index in [1.807, 2.05) is 30.3 Å². The number of aromatic nitrogens is 1. The number of rotatable bonds is 4. The number of hydrogen-bond donors (Lipinski definition) is 0. The van der Waals surface area contributed by atoms with E-state index in [-0.39, 0.29) is 18.7 Å². The summed E-state index contributed by atoms with van der Waals surface area (Å²) in [7, 11) is 0.